The fourth-order valence-corrected chi connectivity index (χ4v) is 2.96. The van der Waals surface area contributed by atoms with Crippen molar-refractivity contribution in [1.29, 1.82) is 0 Å². The van der Waals surface area contributed by atoms with Crippen molar-refractivity contribution < 1.29 is 9.53 Å². The maximum Gasteiger partial charge on any atom is 0.234 e. The molecule has 1 fully saturated rings. The number of nitrogen functional groups attached to an aromatic ring is 1. The van der Waals surface area contributed by atoms with E-state index in [9.17, 15) is 4.79 Å². The smallest absolute Gasteiger partial charge is 0.234 e. The van der Waals surface area contributed by atoms with Crippen molar-refractivity contribution in [3.8, 4) is 0 Å². The maximum atomic E-state index is 11.9. The van der Waals surface area contributed by atoms with Crippen LogP contribution in [0.4, 0.5) is 5.13 Å². The Morgan fingerprint density at radius 3 is 2.75 bits per heavy atom. The lowest BCUT2D eigenvalue weighted by Crippen LogP contribution is -2.49. The number of carbonyl (C=O) groups is 1. The Balaban J connectivity index is 1.67. The Labute approximate surface area is 122 Å². The summed E-state index contributed by atoms with van der Waals surface area (Å²) in [6.45, 7) is 6.62. The Hall–Kier alpha value is -1.25. The number of carbonyl (C=O) groups excluding carboxylic acids is 1. The number of aromatic nitrogens is 2. The van der Waals surface area contributed by atoms with E-state index in [2.05, 4.69) is 20.4 Å². The lowest BCUT2D eigenvalue weighted by Gasteiger charge is -2.34. The molecule has 1 aromatic rings. The van der Waals surface area contributed by atoms with Gasteiger partial charge >= 0.3 is 0 Å². The van der Waals surface area contributed by atoms with Gasteiger partial charge in [0.2, 0.25) is 11.0 Å². The molecule has 2 rings (SSSR count). The van der Waals surface area contributed by atoms with Gasteiger partial charge in [-0.05, 0) is 13.8 Å². The van der Waals surface area contributed by atoms with Crippen molar-refractivity contribution >= 4 is 22.4 Å². The summed E-state index contributed by atoms with van der Waals surface area (Å²) >= 11 is 1.35. The minimum Gasteiger partial charge on any atom is -0.374 e. The molecule has 0 spiro atoms. The van der Waals surface area contributed by atoms with E-state index in [4.69, 9.17) is 10.5 Å². The van der Waals surface area contributed by atoms with E-state index >= 15 is 0 Å². The van der Waals surface area contributed by atoms with Crippen LogP contribution in [0.15, 0.2) is 0 Å². The van der Waals surface area contributed by atoms with Crippen molar-refractivity contribution in [2.45, 2.75) is 32.5 Å². The van der Waals surface area contributed by atoms with Gasteiger partial charge in [-0.1, -0.05) is 11.3 Å². The van der Waals surface area contributed by atoms with Gasteiger partial charge in [0.05, 0.1) is 18.8 Å². The van der Waals surface area contributed by atoms with Crippen LogP contribution in [-0.4, -0.2) is 59.4 Å². The minimum atomic E-state index is 0.0313. The van der Waals surface area contributed by atoms with Gasteiger partial charge in [0, 0.05) is 26.1 Å². The van der Waals surface area contributed by atoms with Crippen molar-refractivity contribution in [2.24, 2.45) is 0 Å². The highest BCUT2D eigenvalue weighted by molar-refractivity contribution is 7.15. The second kappa shape index (κ2) is 6.96. The van der Waals surface area contributed by atoms with E-state index in [1.807, 2.05) is 13.8 Å². The monoisotopic (exact) mass is 299 g/mol. The van der Waals surface area contributed by atoms with Crippen LogP contribution in [0, 0.1) is 0 Å². The van der Waals surface area contributed by atoms with Crippen LogP contribution in [0.5, 0.6) is 0 Å². The Morgan fingerprint density at radius 1 is 1.45 bits per heavy atom. The normalized spacial score (nSPS) is 23.7. The molecule has 1 amide bonds. The SMILES string of the molecule is C[C@@H]1CN(CC(=O)NCCc2nnc(N)s2)C[C@H](C)O1. The van der Waals surface area contributed by atoms with E-state index in [-0.39, 0.29) is 18.1 Å². The van der Waals surface area contributed by atoms with E-state index in [1.165, 1.54) is 11.3 Å². The van der Waals surface area contributed by atoms with E-state index in [1.54, 1.807) is 0 Å². The van der Waals surface area contributed by atoms with Crippen LogP contribution in [-0.2, 0) is 16.0 Å². The van der Waals surface area contributed by atoms with E-state index < -0.39 is 0 Å². The zero-order valence-corrected chi connectivity index (χ0v) is 12.7. The number of nitrogens with two attached hydrogens (primary N) is 1. The molecular weight excluding hydrogens is 278 g/mol. The Bertz CT molecular complexity index is 443. The van der Waals surface area contributed by atoms with Crippen LogP contribution < -0.4 is 11.1 Å². The molecule has 0 bridgehead atoms. The molecule has 112 valence electrons. The molecule has 20 heavy (non-hydrogen) atoms. The van der Waals surface area contributed by atoms with Crippen LogP contribution in [0.2, 0.25) is 0 Å². The molecule has 1 aromatic heterocycles. The fraction of sp³-hybridized carbons (Fsp3) is 0.750. The van der Waals surface area contributed by atoms with Crippen molar-refractivity contribution in [2.75, 3.05) is 31.9 Å². The van der Waals surface area contributed by atoms with Gasteiger partial charge in [-0.15, -0.1) is 10.2 Å². The second-order valence-corrected chi connectivity index (χ2v) is 6.18. The molecule has 0 aliphatic carbocycles. The zero-order chi connectivity index (χ0) is 14.5. The number of amides is 1. The number of nitrogens with one attached hydrogen (secondary N) is 1. The summed E-state index contributed by atoms with van der Waals surface area (Å²) in [5.74, 6) is 0.0313. The predicted octanol–water partition coefficient (Wildman–Crippen LogP) is -0.112. The number of rotatable bonds is 5. The minimum absolute atomic E-state index is 0.0313. The number of morpholine rings is 1. The molecule has 0 aromatic carbocycles. The van der Waals surface area contributed by atoms with Crippen LogP contribution in [0.25, 0.3) is 0 Å². The molecule has 0 radical (unpaired) electrons. The van der Waals surface area contributed by atoms with Gasteiger partial charge in [-0.3, -0.25) is 9.69 Å². The summed E-state index contributed by atoms with van der Waals surface area (Å²) in [5.41, 5.74) is 5.50. The highest BCUT2D eigenvalue weighted by atomic mass is 32.1. The van der Waals surface area contributed by atoms with Crippen molar-refractivity contribution in [3.05, 3.63) is 5.01 Å². The average molecular weight is 299 g/mol. The van der Waals surface area contributed by atoms with Crippen molar-refractivity contribution in [1.82, 2.24) is 20.4 Å². The lowest BCUT2D eigenvalue weighted by molar-refractivity contribution is -0.125. The molecule has 8 heteroatoms. The quantitative estimate of drug-likeness (QED) is 0.788. The third-order valence-electron chi connectivity index (χ3n) is 3.01. The topological polar surface area (TPSA) is 93.4 Å². The molecule has 2 heterocycles. The zero-order valence-electron chi connectivity index (χ0n) is 11.8. The summed E-state index contributed by atoms with van der Waals surface area (Å²) in [4.78, 5) is 14.0. The van der Waals surface area contributed by atoms with Gasteiger partial charge in [0.25, 0.3) is 0 Å². The summed E-state index contributed by atoms with van der Waals surface area (Å²) in [6, 6.07) is 0. The van der Waals surface area contributed by atoms with Gasteiger partial charge in [-0.2, -0.15) is 0 Å². The number of nitrogens with zero attached hydrogens (tertiary/aromatic N) is 3. The molecule has 7 nitrogen and oxygen atoms in total. The molecule has 1 saturated heterocycles. The average Bonchev–Trinajstić information content (AvgIpc) is 2.73. The highest BCUT2D eigenvalue weighted by Gasteiger charge is 2.23. The Kier molecular flexibility index (Phi) is 5.27. The predicted molar refractivity (Wildman–Crippen MR) is 77.5 cm³/mol. The summed E-state index contributed by atoms with van der Waals surface area (Å²) in [5, 5.41) is 11.8. The van der Waals surface area contributed by atoms with Gasteiger partial charge in [0.1, 0.15) is 5.01 Å². The lowest BCUT2D eigenvalue weighted by atomic mass is 10.2. The Morgan fingerprint density at radius 2 is 2.15 bits per heavy atom. The first-order valence-electron chi connectivity index (χ1n) is 6.75. The standard InChI is InChI=1S/C12H21N5O2S/c1-8-5-17(6-9(2)19-8)7-10(18)14-4-3-11-15-16-12(13)20-11/h8-9H,3-7H2,1-2H3,(H2,13,16)(H,14,18)/t8-,9+. The molecule has 3 N–H and O–H groups in total. The van der Waals surface area contributed by atoms with Crippen LogP contribution in [0.1, 0.15) is 18.9 Å². The van der Waals surface area contributed by atoms with Gasteiger partial charge in [-0.25, -0.2) is 0 Å². The number of anilines is 1. The number of hydrogen-bond donors (Lipinski definition) is 2. The molecule has 0 unspecified atom stereocenters. The number of ether oxygens (including phenoxy) is 1. The fourth-order valence-electron chi connectivity index (χ4n) is 2.35. The third kappa shape index (κ3) is 4.69. The van der Waals surface area contributed by atoms with Crippen LogP contribution >= 0.6 is 11.3 Å². The highest BCUT2D eigenvalue weighted by Crippen LogP contribution is 2.11. The third-order valence-corrected chi connectivity index (χ3v) is 3.82. The molecule has 2 atom stereocenters. The first-order valence-corrected chi connectivity index (χ1v) is 7.57. The van der Waals surface area contributed by atoms with Crippen LogP contribution in [0.3, 0.4) is 0 Å². The largest absolute Gasteiger partial charge is 0.374 e. The van der Waals surface area contributed by atoms with Gasteiger partial charge < -0.3 is 15.8 Å². The molecule has 1 aliphatic heterocycles. The molecule has 0 saturated carbocycles. The summed E-state index contributed by atoms with van der Waals surface area (Å²) < 4.78 is 5.64. The molecular formula is C12H21N5O2S. The summed E-state index contributed by atoms with van der Waals surface area (Å²) in [6.07, 6.45) is 1.02. The first kappa shape index (κ1) is 15.1. The van der Waals surface area contributed by atoms with E-state index in [0.717, 1.165) is 18.1 Å². The molecule has 1 aliphatic rings. The number of hydrogen-bond acceptors (Lipinski definition) is 7. The second-order valence-electron chi connectivity index (χ2n) is 5.09. The van der Waals surface area contributed by atoms with Crippen molar-refractivity contribution in [3.63, 3.8) is 0 Å². The van der Waals surface area contributed by atoms with Gasteiger partial charge in [0.15, 0.2) is 0 Å². The maximum absolute atomic E-state index is 11.9. The first-order chi connectivity index (χ1) is 9.52. The summed E-state index contributed by atoms with van der Waals surface area (Å²) in [7, 11) is 0. The van der Waals surface area contributed by atoms with E-state index in [0.29, 0.717) is 24.6 Å².